The topological polar surface area (TPSA) is 68.3 Å². The van der Waals surface area contributed by atoms with Crippen LogP contribution in [0.1, 0.15) is 10.4 Å². The quantitative estimate of drug-likeness (QED) is 0.787. The Kier molecular flexibility index (Phi) is 3.57. The van der Waals surface area contributed by atoms with Gasteiger partial charge in [-0.05, 0) is 18.2 Å². The summed E-state index contributed by atoms with van der Waals surface area (Å²) in [6.45, 7) is 3.62. The van der Waals surface area contributed by atoms with Gasteiger partial charge in [0.1, 0.15) is 0 Å². The van der Waals surface area contributed by atoms with Crippen LogP contribution in [-0.4, -0.2) is 67.8 Å². The lowest BCUT2D eigenvalue weighted by atomic mass is 9.97. The summed E-state index contributed by atoms with van der Waals surface area (Å²) in [5, 5.41) is 0. The molecule has 0 atom stereocenters. The number of morpholine rings is 1. The summed E-state index contributed by atoms with van der Waals surface area (Å²) >= 11 is 0. The van der Waals surface area contributed by atoms with E-state index in [2.05, 4.69) is 0 Å². The van der Waals surface area contributed by atoms with E-state index in [-0.39, 0.29) is 24.5 Å². The van der Waals surface area contributed by atoms with Crippen LogP contribution in [0.3, 0.4) is 0 Å². The number of carbonyl (C=O) groups is 2. The van der Waals surface area contributed by atoms with Crippen LogP contribution < -0.4 is 9.47 Å². The van der Waals surface area contributed by atoms with Gasteiger partial charge >= 0.3 is 0 Å². The monoisotopic (exact) mass is 318 g/mol. The minimum atomic E-state index is -0.0916. The highest BCUT2D eigenvalue weighted by atomic mass is 16.7. The summed E-state index contributed by atoms with van der Waals surface area (Å²) in [5.74, 6) is 1.21. The Morgan fingerprint density at radius 3 is 2.52 bits per heavy atom. The molecule has 0 N–H and O–H groups in total. The molecule has 2 fully saturated rings. The van der Waals surface area contributed by atoms with Crippen molar-refractivity contribution in [2.45, 2.75) is 0 Å². The van der Waals surface area contributed by atoms with Gasteiger partial charge in [-0.15, -0.1) is 0 Å². The summed E-state index contributed by atoms with van der Waals surface area (Å²) in [6.07, 6.45) is 0. The van der Waals surface area contributed by atoms with Crippen LogP contribution in [0.15, 0.2) is 18.2 Å². The lowest BCUT2D eigenvalue weighted by Crippen LogP contribution is -2.57. The lowest BCUT2D eigenvalue weighted by molar-refractivity contribution is -0.143. The van der Waals surface area contributed by atoms with E-state index in [0.29, 0.717) is 56.5 Å². The highest BCUT2D eigenvalue weighted by Crippen LogP contribution is 2.33. The van der Waals surface area contributed by atoms with Crippen molar-refractivity contribution in [1.82, 2.24) is 9.80 Å². The molecule has 7 nitrogen and oxygen atoms in total. The van der Waals surface area contributed by atoms with E-state index in [4.69, 9.17) is 14.2 Å². The normalized spacial score (nSPS) is 20.3. The molecule has 0 radical (unpaired) electrons. The summed E-state index contributed by atoms with van der Waals surface area (Å²) in [7, 11) is 0. The summed E-state index contributed by atoms with van der Waals surface area (Å²) in [4.78, 5) is 28.3. The SMILES string of the molecule is O=C(c1ccc2c(c1)OCO2)N1CC(C(=O)N2CCOCC2)C1. The molecular formula is C16H18N2O5. The van der Waals surface area contributed by atoms with Crippen molar-refractivity contribution in [1.29, 1.82) is 0 Å². The number of carbonyl (C=O) groups excluding carboxylic acids is 2. The molecule has 2 amide bonds. The lowest BCUT2D eigenvalue weighted by Gasteiger charge is -2.41. The fraction of sp³-hybridized carbons (Fsp3) is 0.500. The van der Waals surface area contributed by atoms with Crippen molar-refractivity contribution in [2.24, 2.45) is 5.92 Å². The first-order valence-electron chi connectivity index (χ1n) is 7.78. The zero-order chi connectivity index (χ0) is 15.8. The first-order valence-corrected chi connectivity index (χ1v) is 7.78. The second-order valence-electron chi connectivity index (χ2n) is 5.91. The third kappa shape index (κ3) is 2.61. The Morgan fingerprint density at radius 1 is 1.00 bits per heavy atom. The number of nitrogens with zero attached hydrogens (tertiary/aromatic N) is 2. The van der Waals surface area contributed by atoms with Gasteiger partial charge in [0.2, 0.25) is 12.7 Å². The molecule has 1 aromatic rings. The molecule has 2 saturated heterocycles. The average Bonchev–Trinajstić information content (AvgIpc) is 3.01. The van der Waals surface area contributed by atoms with Crippen LogP contribution in [-0.2, 0) is 9.53 Å². The van der Waals surface area contributed by atoms with Crippen LogP contribution >= 0.6 is 0 Å². The third-order valence-corrected chi connectivity index (χ3v) is 4.46. The van der Waals surface area contributed by atoms with Crippen molar-refractivity contribution >= 4 is 11.8 Å². The number of hydrogen-bond donors (Lipinski definition) is 0. The number of rotatable bonds is 2. The van der Waals surface area contributed by atoms with Crippen LogP contribution in [0.5, 0.6) is 11.5 Å². The predicted octanol–water partition coefficient (Wildman–Crippen LogP) is 0.346. The molecule has 3 heterocycles. The molecule has 0 unspecified atom stereocenters. The van der Waals surface area contributed by atoms with Crippen LogP contribution in [0, 0.1) is 5.92 Å². The maximum Gasteiger partial charge on any atom is 0.254 e. The highest BCUT2D eigenvalue weighted by molar-refractivity contribution is 5.96. The molecule has 1 aromatic carbocycles. The second-order valence-corrected chi connectivity index (χ2v) is 5.91. The van der Waals surface area contributed by atoms with Gasteiger partial charge in [-0.25, -0.2) is 0 Å². The number of benzene rings is 1. The number of ether oxygens (including phenoxy) is 3. The maximum atomic E-state index is 12.5. The molecule has 3 aliphatic rings. The predicted molar refractivity (Wildman–Crippen MR) is 79.4 cm³/mol. The molecule has 0 spiro atoms. The van der Waals surface area contributed by atoms with E-state index in [1.54, 1.807) is 23.1 Å². The first kappa shape index (κ1) is 14.3. The van der Waals surface area contributed by atoms with E-state index in [1.807, 2.05) is 4.90 Å². The molecule has 7 heteroatoms. The van der Waals surface area contributed by atoms with Gasteiger partial charge in [-0.1, -0.05) is 0 Å². The molecule has 0 saturated carbocycles. The van der Waals surface area contributed by atoms with Crippen molar-refractivity contribution in [2.75, 3.05) is 46.2 Å². The molecular weight excluding hydrogens is 300 g/mol. The Labute approximate surface area is 133 Å². The van der Waals surface area contributed by atoms with Gasteiger partial charge in [0.15, 0.2) is 11.5 Å². The van der Waals surface area contributed by atoms with Gasteiger partial charge < -0.3 is 24.0 Å². The van der Waals surface area contributed by atoms with E-state index in [0.717, 1.165) is 0 Å². The Bertz CT molecular complexity index is 635. The van der Waals surface area contributed by atoms with Crippen molar-refractivity contribution in [3.05, 3.63) is 23.8 Å². The summed E-state index contributed by atoms with van der Waals surface area (Å²) in [6, 6.07) is 5.17. The zero-order valence-electron chi connectivity index (χ0n) is 12.7. The van der Waals surface area contributed by atoms with Gasteiger partial charge in [-0.2, -0.15) is 0 Å². The third-order valence-electron chi connectivity index (χ3n) is 4.46. The second kappa shape index (κ2) is 5.73. The molecule has 0 bridgehead atoms. The number of amides is 2. The first-order chi connectivity index (χ1) is 11.2. The van der Waals surface area contributed by atoms with Crippen molar-refractivity contribution in [3.8, 4) is 11.5 Å². The highest BCUT2D eigenvalue weighted by Gasteiger charge is 2.38. The number of fused-ring (bicyclic) bond motifs is 1. The fourth-order valence-electron chi connectivity index (χ4n) is 3.05. The van der Waals surface area contributed by atoms with E-state index < -0.39 is 0 Å². The van der Waals surface area contributed by atoms with Crippen LogP contribution in [0.2, 0.25) is 0 Å². The fourth-order valence-corrected chi connectivity index (χ4v) is 3.05. The standard InChI is InChI=1S/C16H18N2O5/c19-15(11-1-2-13-14(7-11)23-10-22-13)18-8-12(9-18)16(20)17-3-5-21-6-4-17/h1-2,7,12H,3-6,8-10H2. The molecule has 3 aliphatic heterocycles. The molecule has 0 aliphatic carbocycles. The van der Waals surface area contributed by atoms with E-state index in [1.165, 1.54) is 0 Å². The molecule has 23 heavy (non-hydrogen) atoms. The average molecular weight is 318 g/mol. The zero-order valence-corrected chi connectivity index (χ0v) is 12.7. The minimum absolute atomic E-state index is 0.0747. The minimum Gasteiger partial charge on any atom is -0.454 e. The van der Waals surface area contributed by atoms with Gasteiger partial charge in [0, 0.05) is 31.7 Å². The largest absolute Gasteiger partial charge is 0.454 e. The number of likely N-dealkylation sites (tertiary alicyclic amines) is 1. The Balaban J connectivity index is 1.36. The van der Waals surface area contributed by atoms with Gasteiger partial charge in [0.05, 0.1) is 19.1 Å². The molecule has 4 rings (SSSR count). The summed E-state index contributed by atoms with van der Waals surface area (Å²) in [5.41, 5.74) is 0.562. The van der Waals surface area contributed by atoms with Gasteiger partial charge in [-0.3, -0.25) is 9.59 Å². The Morgan fingerprint density at radius 2 is 1.74 bits per heavy atom. The molecule has 122 valence electrons. The maximum absolute atomic E-state index is 12.5. The van der Waals surface area contributed by atoms with E-state index in [9.17, 15) is 9.59 Å². The van der Waals surface area contributed by atoms with Crippen LogP contribution in [0.25, 0.3) is 0 Å². The van der Waals surface area contributed by atoms with Crippen LogP contribution in [0.4, 0.5) is 0 Å². The van der Waals surface area contributed by atoms with E-state index >= 15 is 0 Å². The Hall–Kier alpha value is -2.28. The smallest absolute Gasteiger partial charge is 0.254 e. The van der Waals surface area contributed by atoms with Crippen molar-refractivity contribution < 1.29 is 23.8 Å². The van der Waals surface area contributed by atoms with Gasteiger partial charge in [0.25, 0.3) is 5.91 Å². The summed E-state index contributed by atoms with van der Waals surface area (Å²) < 4.78 is 15.8. The molecule has 0 aromatic heterocycles. The number of hydrogen-bond acceptors (Lipinski definition) is 5. The van der Waals surface area contributed by atoms with Crippen molar-refractivity contribution in [3.63, 3.8) is 0 Å².